The third-order valence-electron chi connectivity index (χ3n) is 4.95. The topological polar surface area (TPSA) is 98.9 Å². The summed E-state index contributed by atoms with van der Waals surface area (Å²) >= 11 is 0. The largest absolute Gasteiger partial charge is 0.468 e. The summed E-state index contributed by atoms with van der Waals surface area (Å²) in [6.45, 7) is -0.280. The molecule has 27 heavy (non-hydrogen) atoms. The van der Waals surface area contributed by atoms with Crippen LogP contribution in [0.3, 0.4) is 0 Å². The summed E-state index contributed by atoms with van der Waals surface area (Å²) in [5.41, 5.74) is 10.2. The van der Waals surface area contributed by atoms with Crippen LogP contribution in [0.2, 0.25) is 0 Å². The van der Waals surface area contributed by atoms with Crippen molar-refractivity contribution in [3.8, 4) is 11.1 Å². The average Bonchev–Trinajstić information content (AvgIpc) is 3.03. The van der Waals surface area contributed by atoms with E-state index < -0.39 is 30.5 Å². The number of carbonyl (C=O) groups is 2. The monoisotopic (exact) mass is 369 g/mol. The van der Waals surface area contributed by atoms with E-state index in [9.17, 15) is 14.7 Å². The minimum absolute atomic E-state index is 0.0279. The van der Waals surface area contributed by atoms with E-state index in [2.05, 4.69) is 16.9 Å². The zero-order valence-corrected chi connectivity index (χ0v) is 15.1. The van der Waals surface area contributed by atoms with Gasteiger partial charge in [-0.3, -0.25) is 9.59 Å². The zero-order valence-electron chi connectivity index (χ0n) is 15.1. The molecular weight excluding hydrogens is 346 g/mol. The SMILES string of the molecule is COC(=O)C(N)CC(CO)C(=O)OCC1c2ccccc2-c2ccccc21. The van der Waals surface area contributed by atoms with E-state index in [0.717, 1.165) is 22.3 Å². The lowest BCUT2D eigenvalue weighted by Crippen LogP contribution is -2.37. The van der Waals surface area contributed by atoms with Crippen LogP contribution in [0.4, 0.5) is 0 Å². The molecule has 6 heteroatoms. The normalized spacial score (nSPS) is 14.8. The van der Waals surface area contributed by atoms with Gasteiger partial charge in [-0.1, -0.05) is 48.5 Å². The number of carbonyl (C=O) groups excluding carboxylic acids is 2. The molecule has 0 bridgehead atoms. The Bertz CT molecular complexity index is 789. The number of esters is 2. The van der Waals surface area contributed by atoms with E-state index in [1.54, 1.807) is 0 Å². The summed E-state index contributed by atoms with van der Waals surface area (Å²) in [4.78, 5) is 23.9. The number of aliphatic hydroxyl groups is 1. The van der Waals surface area contributed by atoms with Gasteiger partial charge in [0.05, 0.1) is 19.6 Å². The minimum Gasteiger partial charge on any atom is -0.468 e. The number of nitrogens with two attached hydrogens (primary N) is 1. The van der Waals surface area contributed by atoms with Gasteiger partial charge in [-0.05, 0) is 28.7 Å². The Kier molecular flexibility index (Phi) is 5.88. The van der Waals surface area contributed by atoms with Crippen molar-refractivity contribution < 1.29 is 24.2 Å². The van der Waals surface area contributed by atoms with E-state index in [0.29, 0.717) is 0 Å². The Hall–Kier alpha value is -2.70. The number of rotatable bonds is 7. The van der Waals surface area contributed by atoms with Crippen molar-refractivity contribution in [1.82, 2.24) is 0 Å². The highest BCUT2D eigenvalue weighted by Gasteiger charge is 2.31. The minimum atomic E-state index is -0.979. The fourth-order valence-electron chi connectivity index (χ4n) is 3.52. The first-order valence-electron chi connectivity index (χ1n) is 8.86. The molecule has 0 aliphatic heterocycles. The van der Waals surface area contributed by atoms with E-state index in [1.165, 1.54) is 7.11 Å². The van der Waals surface area contributed by atoms with Crippen LogP contribution in [0.1, 0.15) is 23.5 Å². The van der Waals surface area contributed by atoms with E-state index in [4.69, 9.17) is 10.5 Å². The fourth-order valence-corrected chi connectivity index (χ4v) is 3.52. The molecule has 1 aliphatic rings. The number of hydrogen-bond donors (Lipinski definition) is 2. The predicted molar refractivity (Wildman–Crippen MR) is 99.9 cm³/mol. The lowest BCUT2D eigenvalue weighted by Gasteiger charge is -2.19. The smallest absolute Gasteiger partial charge is 0.322 e. The molecule has 0 radical (unpaired) electrons. The maximum absolute atomic E-state index is 12.4. The highest BCUT2D eigenvalue weighted by Crippen LogP contribution is 2.44. The van der Waals surface area contributed by atoms with E-state index in [-0.39, 0.29) is 18.9 Å². The van der Waals surface area contributed by atoms with Gasteiger partial charge in [-0.2, -0.15) is 0 Å². The number of methoxy groups -OCH3 is 1. The molecule has 0 fully saturated rings. The van der Waals surface area contributed by atoms with Crippen LogP contribution in [-0.2, 0) is 19.1 Å². The molecular formula is C21H23NO5. The maximum Gasteiger partial charge on any atom is 0.322 e. The second kappa shape index (κ2) is 8.33. The molecule has 0 heterocycles. The van der Waals surface area contributed by atoms with Gasteiger partial charge in [0, 0.05) is 5.92 Å². The third-order valence-corrected chi connectivity index (χ3v) is 4.95. The zero-order chi connectivity index (χ0) is 19.4. The number of hydrogen-bond acceptors (Lipinski definition) is 6. The van der Waals surface area contributed by atoms with Crippen molar-refractivity contribution in [2.24, 2.45) is 11.7 Å². The molecule has 0 aromatic heterocycles. The number of aliphatic hydroxyl groups excluding tert-OH is 1. The Morgan fingerprint density at radius 3 is 2.11 bits per heavy atom. The predicted octanol–water partition coefficient (Wildman–Crippen LogP) is 1.84. The molecule has 3 rings (SSSR count). The molecule has 1 aliphatic carbocycles. The van der Waals surface area contributed by atoms with Crippen LogP contribution >= 0.6 is 0 Å². The Labute approximate surface area is 157 Å². The molecule has 2 unspecified atom stereocenters. The van der Waals surface area contributed by atoms with Crippen molar-refractivity contribution in [2.45, 2.75) is 18.4 Å². The van der Waals surface area contributed by atoms with Gasteiger partial charge < -0.3 is 20.3 Å². The van der Waals surface area contributed by atoms with Crippen molar-refractivity contribution in [3.05, 3.63) is 59.7 Å². The average molecular weight is 369 g/mol. The summed E-state index contributed by atoms with van der Waals surface area (Å²) in [6.07, 6.45) is -0.0279. The third kappa shape index (κ3) is 3.86. The van der Waals surface area contributed by atoms with Gasteiger partial charge in [0.25, 0.3) is 0 Å². The maximum atomic E-state index is 12.4. The van der Waals surface area contributed by atoms with Crippen LogP contribution in [0.5, 0.6) is 0 Å². The molecule has 3 N–H and O–H groups in total. The van der Waals surface area contributed by atoms with Crippen LogP contribution in [0, 0.1) is 5.92 Å². The molecule has 142 valence electrons. The van der Waals surface area contributed by atoms with Crippen molar-refractivity contribution in [1.29, 1.82) is 0 Å². The second-order valence-corrected chi connectivity index (χ2v) is 6.60. The number of ether oxygens (including phenoxy) is 2. The van der Waals surface area contributed by atoms with Crippen LogP contribution in [-0.4, -0.2) is 43.4 Å². The molecule has 2 aromatic carbocycles. The van der Waals surface area contributed by atoms with Gasteiger partial charge in [0.15, 0.2) is 0 Å². The number of fused-ring (bicyclic) bond motifs is 3. The summed E-state index contributed by atoms with van der Waals surface area (Å²) < 4.78 is 10.1. The first-order chi connectivity index (χ1) is 13.1. The molecule has 0 saturated carbocycles. The lowest BCUT2D eigenvalue weighted by atomic mass is 9.97. The van der Waals surface area contributed by atoms with Crippen LogP contribution < -0.4 is 5.73 Å². The van der Waals surface area contributed by atoms with E-state index >= 15 is 0 Å². The standard InChI is InChI=1S/C21H23NO5/c1-26-21(25)19(22)10-13(11-23)20(24)27-12-18-16-8-4-2-6-14(16)15-7-3-5-9-17(15)18/h2-9,13,18-19,23H,10-12,22H2,1H3. The van der Waals surface area contributed by atoms with Crippen molar-refractivity contribution >= 4 is 11.9 Å². The lowest BCUT2D eigenvalue weighted by molar-refractivity contribution is -0.151. The van der Waals surface area contributed by atoms with E-state index in [1.807, 2.05) is 36.4 Å². The molecule has 0 spiro atoms. The quantitative estimate of drug-likeness (QED) is 0.723. The van der Waals surface area contributed by atoms with Gasteiger partial charge in [-0.25, -0.2) is 0 Å². The number of benzene rings is 2. The van der Waals surface area contributed by atoms with Crippen LogP contribution in [0.15, 0.2) is 48.5 Å². The van der Waals surface area contributed by atoms with Gasteiger partial charge >= 0.3 is 11.9 Å². The van der Waals surface area contributed by atoms with Crippen molar-refractivity contribution in [3.63, 3.8) is 0 Å². The summed E-state index contributed by atoms with van der Waals surface area (Å²) in [5.74, 6) is -2.13. The first-order valence-corrected chi connectivity index (χ1v) is 8.86. The molecule has 6 nitrogen and oxygen atoms in total. The molecule has 2 aromatic rings. The highest BCUT2D eigenvalue weighted by molar-refractivity contribution is 5.80. The molecule has 2 atom stereocenters. The fraction of sp³-hybridized carbons (Fsp3) is 0.333. The second-order valence-electron chi connectivity index (χ2n) is 6.60. The Balaban J connectivity index is 1.71. The van der Waals surface area contributed by atoms with Gasteiger partial charge in [-0.15, -0.1) is 0 Å². The Morgan fingerprint density at radius 2 is 1.59 bits per heavy atom. The molecule has 0 saturated heterocycles. The first kappa shape index (κ1) is 19.1. The van der Waals surface area contributed by atoms with Gasteiger partial charge in [0.1, 0.15) is 12.6 Å². The van der Waals surface area contributed by atoms with Crippen LogP contribution in [0.25, 0.3) is 11.1 Å². The Morgan fingerprint density at radius 1 is 1.04 bits per heavy atom. The van der Waals surface area contributed by atoms with Gasteiger partial charge in [0.2, 0.25) is 0 Å². The highest BCUT2D eigenvalue weighted by atomic mass is 16.5. The summed E-state index contributed by atoms with van der Waals surface area (Å²) in [7, 11) is 1.23. The molecule has 0 amide bonds. The van der Waals surface area contributed by atoms with Crippen molar-refractivity contribution in [2.75, 3.05) is 20.3 Å². The summed E-state index contributed by atoms with van der Waals surface area (Å²) in [5, 5.41) is 9.50. The summed E-state index contributed by atoms with van der Waals surface area (Å²) in [6, 6.07) is 15.1.